The second-order valence-electron chi connectivity index (χ2n) is 16.5. The third-order valence-electron chi connectivity index (χ3n) is 9.75. The SMILES string of the molecule is CCCCCC/C=C\CCCCCCCC/C=C\OC(COC(=O)CCCCCCCCC/C=C\CCCCCCCC)COP(=O)([O-])OCC[N+](C)(C)C. The van der Waals surface area contributed by atoms with Crippen LogP contribution in [-0.4, -0.2) is 64.1 Å². The number of esters is 1. The molecule has 0 fully saturated rings. The van der Waals surface area contributed by atoms with Crippen molar-refractivity contribution in [2.24, 2.45) is 0 Å². The van der Waals surface area contributed by atoms with Crippen LogP contribution in [0.2, 0.25) is 0 Å². The normalized spacial score (nSPS) is 14.0. The number of carbonyl (C=O) groups excluding carboxylic acids is 1. The van der Waals surface area contributed by atoms with Crippen molar-refractivity contribution in [2.75, 3.05) is 47.5 Å². The minimum Gasteiger partial charge on any atom is -0.756 e. The average Bonchev–Trinajstić information content (AvgIpc) is 3.14. The number of nitrogens with zero attached hydrogens (tertiary/aromatic N) is 1. The van der Waals surface area contributed by atoms with E-state index in [0.717, 1.165) is 32.1 Å². The zero-order chi connectivity index (χ0) is 40.6. The monoisotopic (exact) mass is 798 g/mol. The van der Waals surface area contributed by atoms with Crippen LogP contribution >= 0.6 is 7.82 Å². The van der Waals surface area contributed by atoms with Crippen molar-refractivity contribution in [3.63, 3.8) is 0 Å². The summed E-state index contributed by atoms with van der Waals surface area (Å²) in [6, 6.07) is 0. The van der Waals surface area contributed by atoms with Gasteiger partial charge >= 0.3 is 5.97 Å². The molecule has 0 aromatic rings. The van der Waals surface area contributed by atoms with Crippen LogP contribution in [0.3, 0.4) is 0 Å². The van der Waals surface area contributed by atoms with E-state index in [-0.39, 0.29) is 25.8 Å². The standard InChI is InChI=1S/C46H88NO7P/c1-6-8-10-12-14-16-18-20-22-24-25-27-29-31-33-35-37-39-46(48)52-43-45(44-54-55(49,50)53-42-40-47(3,4)5)51-41-38-36-34-32-30-28-26-23-21-19-17-15-13-11-9-7-2/h17,19-20,22,38,41,45H,6-16,18,21,23-37,39-40,42-44H2,1-5H3/b19-17-,22-20-,41-38-. The van der Waals surface area contributed by atoms with Crippen LogP contribution in [0.5, 0.6) is 0 Å². The fourth-order valence-corrected chi connectivity index (χ4v) is 6.84. The second kappa shape index (κ2) is 39.4. The molecule has 0 rings (SSSR count). The molecule has 0 saturated heterocycles. The van der Waals surface area contributed by atoms with Crippen LogP contribution in [0.1, 0.15) is 200 Å². The van der Waals surface area contributed by atoms with Crippen LogP contribution in [0, 0.1) is 0 Å². The van der Waals surface area contributed by atoms with E-state index in [0.29, 0.717) is 17.4 Å². The summed E-state index contributed by atoms with van der Waals surface area (Å²) in [5, 5.41) is 0. The number of quaternary nitrogens is 1. The molecule has 0 saturated carbocycles. The molecule has 0 aliphatic rings. The van der Waals surface area contributed by atoms with E-state index in [1.54, 1.807) is 6.26 Å². The molecule has 9 heteroatoms. The first-order valence-electron chi connectivity index (χ1n) is 22.8. The maximum Gasteiger partial charge on any atom is 0.305 e. The van der Waals surface area contributed by atoms with Gasteiger partial charge in [0.05, 0.1) is 34.0 Å². The fraction of sp³-hybridized carbons (Fsp3) is 0.848. The van der Waals surface area contributed by atoms with E-state index in [1.165, 1.54) is 148 Å². The number of hydrogen-bond donors (Lipinski definition) is 0. The van der Waals surface area contributed by atoms with Crippen molar-refractivity contribution in [3.8, 4) is 0 Å². The lowest BCUT2D eigenvalue weighted by molar-refractivity contribution is -0.870. The number of ether oxygens (including phenoxy) is 2. The third kappa shape index (κ3) is 43.5. The van der Waals surface area contributed by atoms with Crippen LogP contribution in [0.25, 0.3) is 0 Å². The van der Waals surface area contributed by atoms with Crippen molar-refractivity contribution >= 4 is 13.8 Å². The van der Waals surface area contributed by atoms with Gasteiger partial charge < -0.3 is 27.9 Å². The summed E-state index contributed by atoms with van der Waals surface area (Å²) in [6.45, 7) is 4.69. The quantitative estimate of drug-likeness (QED) is 0.0152. The summed E-state index contributed by atoms with van der Waals surface area (Å²) in [5.41, 5.74) is 0. The van der Waals surface area contributed by atoms with E-state index in [9.17, 15) is 14.3 Å². The molecule has 0 spiro atoms. The van der Waals surface area contributed by atoms with Gasteiger partial charge in [0, 0.05) is 6.42 Å². The number of allylic oxidation sites excluding steroid dienone is 5. The number of phosphoric acid groups is 1. The summed E-state index contributed by atoms with van der Waals surface area (Å²) in [7, 11) is 1.36. The number of likely N-dealkylation sites (N-methyl/N-ethyl adjacent to an activating group) is 1. The highest BCUT2D eigenvalue weighted by Crippen LogP contribution is 2.38. The first-order chi connectivity index (χ1) is 26.6. The summed E-state index contributed by atoms with van der Waals surface area (Å²) >= 11 is 0. The molecule has 324 valence electrons. The van der Waals surface area contributed by atoms with Crippen molar-refractivity contribution in [2.45, 2.75) is 206 Å². The molecule has 0 aromatic heterocycles. The topological polar surface area (TPSA) is 94.1 Å². The van der Waals surface area contributed by atoms with Gasteiger partial charge in [0.1, 0.15) is 19.8 Å². The molecule has 55 heavy (non-hydrogen) atoms. The second-order valence-corrected chi connectivity index (χ2v) is 17.9. The maximum absolute atomic E-state index is 12.5. The van der Waals surface area contributed by atoms with Crippen molar-refractivity contribution in [1.82, 2.24) is 0 Å². The molecule has 0 aliphatic heterocycles. The average molecular weight is 798 g/mol. The number of carbonyl (C=O) groups is 1. The highest BCUT2D eigenvalue weighted by Gasteiger charge is 2.19. The van der Waals surface area contributed by atoms with Crippen molar-refractivity contribution in [3.05, 3.63) is 36.6 Å². The molecule has 0 bridgehead atoms. The van der Waals surface area contributed by atoms with Crippen LogP contribution in [0.15, 0.2) is 36.6 Å². The highest BCUT2D eigenvalue weighted by molar-refractivity contribution is 7.45. The Morgan fingerprint density at radius 3 is 1.42 bits per heavy atom. The Morgan fingerprint density at radius 1 is 0.564 bits per heavy atom. The predicted molar refractivity (Wildman–Crippen MR) is 231 cm³/mol. The van der Waals surface area contributed by atoms with Gasteiger partial charge in [-0.15, -0.1) is 0 Å². The van der Waals surface area contributed by atoms with Gasteiger partial charge in [-0.05, 0) is 76.7 Å². The lowest BCUT2D eigenvalue weighted by Gasteiger charge is -2.28. The third-order valence-corrected chi connectivity index (χ3v) is 10.7. The van der Waals surface area contributed by atoms with Gasteiger partial charge in [0.25, 0.3) is 7.82 Å². The van der Waals surface area contributed by atoms with Gasteiger partial charge in [-0.1, -0.05) is 147 Å². The van der Waals surface area contributed by atoms with Gasteiger partial charge in [-0.2, -0.15) is 0 Å². The zero-order valence-corrected chi connectivity index (χ0v) is 37.5. The Bertz CT molecular complexity index is 978. The van der Waals surface area contributed by atoms with E-state index >= 15 is 0 Å². The van der Waals surface area contributed by atoms with E-state index < -0.39 is 13.9 Å². The number of phosphoric ester groups is 1. The largest absolute Gasteiger partial charge is 0.756 e. The van der Waals surface area contributed by atoms with Gasteiger partial charge in [0.2, 0.25) is 0 Å². The zero-order valence-electron chi connectivity index (χ0n) is 36.6. The molecule has 0 N–H and O–H groups in total. The predicted octanol–water partition coefficient (Wildman–Crippen LogP) is 13.1. The molecule has 2 unspecified atom stereocenters. The molecule has 0 aromatic carbocycles. The first kappa shape index (κ1) is 53.6. The Labute approximate surface area is 340 Å². The molecule has 0 aliphatic carbocycles. The number of rotatable bonds is 42. The van der Waals surface area contributed by atoms with Crippen LogP contribution < -0.4 is 4.89 Å². The van der Waals surface area contributed by atoms with Crippen molar-refractivity contribution in [1.29, 1.82) is 0 Å². The minimum absolute atomic E-state index is 0.0254. The maximum atomic E-state index is 12.5. The lowest BCUT2D eigenvalue weighted by atomic mass is 10.1. The van der Waals surface area contributed by atoms with Gasteiger partial charge in [0.15, 0.2) is 6.10 Å². The Kier molecular flexibility index (Phi) is 38.4. The van der Waals surface area contributed by atoms with Crippen LogP contribution in [-0.2, 0) is 27.9 Å². The van der Waals surface area contributed by atoms with Crippen molar-refractivity contribution < 1.29 is 37.3 Å². The van der Waals surface area contributed by atoms with E-state index in [4.69, 9.17) is 18.5 Å². The number of hydrogen-bond acceptors (Lipinski definition) is 7. The smallest absolute Gasteiger partial charge is 0.305 e. The van der Waals surface area contributed by atoms with Gasteiger partial charge in [-0.25, -0.2) is 0 Å². The molecule has 8 nitrogen and oxygen atoms in total. The van der Waals surface area contributed by atoms with Gasteiger partial charge in [-0.3, -0.25) is 9.36 Å². The summed E-state index contributed by atoms with van der Waals surface area (Å²) in [4.78, 5) is 24.9. The fourth-order valence-electron chi connectivity index (χ4n) is 6.11. The lowest BCUT2D eigenvalue weighted by Crippen LogP contribution is -2.37. The Balaban J connectivity index is 4.27. The molecule has 0 radical (unpaired) electrons. The summed E-state index contributed by atoms with van der Waals surface area (Å²) < 4.78 is 34.4. The molecular formula is C46H88NO7P. The highest BCUT2D eigenvalue weighted by atomic mass is 31.2. The van der Waals surface area contributed by atoms with E-state index in [1.807, 2.05) is 27.2 Å². The molecule has 2 atom stereocenters. The minimum atomic E-state index is -4.52. The summed E-state index contributed by atoms with van der Waals surface area (Å²) in [5.74, 6) is -0.298. The Morgan fingerprint density at radius 2 is 0.964 bits per heavy atom. The summed E-state index contributed by atoms with van der Waals surface area (Å²) in [6.07, 6.45) is 46.8. The van der Waals surface area contributed by atoms with Crippen LogP contribution in [0.4, 0.5) is 0 Å². The molecule has 0 heterocycles. The Hall–Kier alpha value is -1.44. The first-order valence-corrected chi connectivity index (χ1v) is 24.2. The molecule has 0 amide bonds. The molecular weight excluding hydrogens is 709 g/mol. The van der Waals surface area contributed by atoms with E-state index in [2.05, 4.69) is 38.2 Å². The number of unbranched alkanes of at least 4 members (excludes halogenated alkanes) is 24.